The van der Waals surface area contributed by atoms with Crippen molar-refractivity contribution in [1.82, 2.24) is 14.5 Å². The van der Waals surface area contributed by atoms with Crippen molar-refractivity contribution in [1.29, 1.82) is 0 Å². The number of carbonyl (C=O) groups excluding carboxylic acids is 1. The number of nitrogens with zero attached hydrogens (tertiary/aromatic N) is 3. The Bertz CT molecular complexity index is 803. The molecule has 0 radical (unpaired) electrons. The molecule has 1 atom stereocenters. The summed E-state index contributed by atoms with van der Waals surface area (Å²) in [4.78, 5) is 18.0. The Hall–Kier alpha value is -1.60. The molecular formula is C14H16ClN3O3S. The van der Waals surface area contributed by atoms with Crippen LogP contribution >= 0.6 is 10.7 Å². The van der Waals surface area contributed by atoms with E-state index >= 15 is 0 Å². The van der Waals surface area contributed by atoms with Gasteiger partial charge in [0.1, 0.15) is 0 Å². The predicted molar refractivity (Wildman–Crippen MR) is 84.1 cm³/mol. The first kappa shape index (κ1) is 15.3. The second-order valence-corrected chi connectivity index (χ2v) is 8.36. The van der Waals surface area contributed by atoms with Crippen LogP contribution < -0.4 is 0 Å². The molecule has 1 aromatic heterocycles. The first-order valence-corrected chi connectivity index (χ1v) is 9.50. The molecular weight excluding hydrogens is 326 g/mol. The maximum absolute atomic E-state index is 12.0. The smallest absolute Gasteiger partial charge is 0.232 e. The van der Waals surface area contributed by atoms with E-state index in [0.717, 1.165) is 11.0 Å². The highest BCUT2D eigenvalue weighted by molar-refractivity contribution is 8.13. The van der Waals surface area contributed by atoms with Crippen LogP contribution in [0.5, 0.6) is 0 Å². The molecule has 0 aliphatic carbocycles. The summed E-state index contributed by atoms with van der Waals surface area (Å²) in [5.41, 5.74) is 1.94. The molecule has 22 heavy (non-hydrogen) atoms. The minimum Gasteiger partial charge on any atom is -0.341 e. The van der Waals surface area contributed by atoms with E-state index in [1.165, 1.54) is 0 Å². The van der Waals surface area contributed by atoms with Gasteiger partial charge < -0.3 is 9.47 Å². The first-order chi connectivity index (χ1) is 10.4. The lowest BCUT2D eigenvalue weighted by atomic mass is 10.1. The Balaban J connectivity index is 1.63. The lowest BCUT2D eigenvalue weighted by Gasteiger charge is -2.17. The van der Waals surface area contributed by atoms with Gasteiger partial charge in [-0.2, -0.15) is 0 Å². The number of halogens is 1. The molecule has 2 aromatic rings. The van der Waals surface area contributed by atoms with Gasteiger partial charge >= 0.3 is 0 Å². The highest BCUT2D eigenvalue weighted by atomic mass is 35.7. The Labute approximate surface area is 133 Å². The summed E-state index contributed by atoms with van der Waals surface area (Å²) in [6, 6.07) is 7.80. The van der Waals surface area contributed by atoms with Crippen molar-refractivity contribution in [2.45, 2.75) is 13.0 Å². The number of fused-ring (bicyclic) bond motifs is 1. The Morgan fingerprint density at radius 1 is 1.27 bits per heavy atom. The van der Waals surface area contributed by atoms with Crippen LogP contribution in [-0.4, -0.2) is 47.6 Å². The molecule has 1 aliphatic heterocycles. The summed E-state index contributed by atoms with van der Waals surface area (Å²) in [7, 11) is 1.70. The van der Waals surface area contributed by atoms with Crippen molar-refractivity contribution in [2.75, 3.05) is 18.8 Å². The lowest BCUT2D eigenvalue weighted by Crippen LogP contribution is -2.29. The van der Waals surface area contributed by atoms with E-state index in [4.69, 9.17) is 10.7 Å². The fourth-order valence-electron chi connectivity index (χ4n) is 2.88. The molecule has 1 amide bonds. The molecule has 8 heteroatoms. The van der Waals surface area contributed by atoms with Crippen molar-refractivity contribution in [3.05, 3.63) is 30.6 Å². The molecule has 2 heterocycles. The van der Waals surface area contributed by atoms with Crippen LogP contribution in [0.4, 0.5) is 0 Å². The van der Waals surface area contributed by atoms with Gasteiger partial charge in [-0.25, -0.2) is 13.4 Å². The average molecular weight is 342 g/mol. The number of amides is 1. The molecule has 1 aromatic carbocycles. The Kier molecular flexibility index (Phi) is 4.10. The highest BCUT2D eigenvalue weighted by Gasteiger charge is 2.31. The standard InChI is InChI=1S/C14H16ClN3O3S/c15-22(20,21)9-11-7-14(19)17(8-11)5-6-18-10-16-12-3-1-2-4-13(12)18/h1-4,10-11H,5-9H2. The quantitative estimate of drug-likeness (QED) is 0.772. The van der Waals surface area contributed by atoms with Crippen LogP contribution in [0.25, 0.3) is 11.0 Å². The fraction of sp³-hybridized carbons (Fsp3) is 0.429. The second-order valence-electron chi connectivity index (χ2n) is 5.54. The second kappa shape index (κ2) is 5.89. The number of carbonyl (C=O) groups is 1. The first-order valence-electron chi connectivity index (χ1n) is 7.02. The topological polar surface area (TPSA) is 72.3 Å². The minimum absolute atomic E-state index is 0.0188. The Morgan fingerprint density at radius 3 is 2.82 bits per heavy atom. The molecule has 0 saturated carbocycles. The van der Waals surface area contributed by atoms with Crippen LogP contribution in [0.1, 0.15) is 6.42 Å². The summed E-state index contributed by atoms with van der Waals surface area (Å²) < 4.78 is 24.2. The zero-order chi connectivity index (χ0) is 15.7. The number of imidazole rings is 1. The summed E-state index contributed by atoms with van der Waals surface area (Å²) in [6.07, 6.45) is 2.00. The monoisotopic (exact) mass is 341 g/mol. The van der Waals surface area contributed by atoms with Crippen LogP contribution in [0.3, 0.4) is 0 Å². The lowest BCUT2D eigenvalue weighted by molar-refractivity contribution is -0.127. The zero-order valence-corrected chi connectivity index (χ0v) is 13.4. The van der Waals surface area contributed by atoms with E-state index in [2.05, 4.69) is 4.98 Å². The molecule has 1 saturated heterocycles. The van der Waals surface area contributed by atoms with Gasteiger partial charge in [0.05, 0.1) is 23.1 Å². The van der Waals surface area contributed by atoms with Gasteiger partial charge in [0.15, 0.2) is 0 Å². The van der Waals surface area contributed by atoms with Gasteiger partial charge in [-0.15, -0.1) is 0 Å². The van der Waals surface area contributed by atoms with Crippen molar-refractivity contribution >= 4 is 36.7 Å². The van der Waals surface area contributed by atoms with E-state index in [0.29, 0.717) is 19.6 Å². The number of aromatic nitrogens is 2. The number of hydrogen-bond acceptors (Lipinski definition) is 4. The van der Waals surface area contributed by atoms with Gasteiger partial charge in [-0.1, -0.05) is 12.1 Å². The van der Waals surface area contributed by atoms with Gasteiger partial charge in [0, 0.05) is 42.7 Å². The zero-order valence-electron chi connectivity index (χ0n) is 11.9. The van der Waals surface area contributed by atoms with E-state index in [1.54, 1.807) is 11.2 Å². The average Bonchev–Trinajstić information content (AvgIpc) is 2.98. The third-order valence-corrected chi connectivity index (χ3v) is 5.12. The summed E-state index contributed by atoms with van der Waals surface area (Å²) in [6.45, 7) is 1.61. The third-order valence-electron chi connectivity index (χ3n) is 3.87. The van der Waals surface area contributed by atoms with Gasteiger partial charge in [0.2, 0.25) is 15.0 Å². The van der Waals surface area contributed by atoms with Crippen molar-refractivity contribution < 1.29 is 13.2 Å². The van der Waals surface area contributed by atoms with Gasteiger partial charge in [-0.05, 0) is 12.1 Å². The van der Waals surface area contributed by atoms with Gasteiger partial charge in [0.25, 0.3) is 0 Å². The number of hydrogen-bond donors (Lipinski definition) is 0. The molecule has 1 fully saturated rings. The molecule has 0 spiro atoms. The highest BCUT2D eigenvalue weighted by Crippen LogP contribution is 2.21. The molecule has 6 nitrogen and oxygen atoms in total. The van der Waals surface area contributed by atoms with Gasteiger partial charge in [-0.3, -0.25) is 4.79 Å². The number of para-hydroxylation sites is 2. The van der Waals surface area contributed by atoms with Crippen LogP contribution in [0, 0.1) is 5.92 Å². The van der Waals surface area contributed by atoms with E-state index in [-0.39, 0.29) is 24.0 Å². The molecule has 1 unspecified atom stereocenters. The number of benzene rings is 1. The predicted octanol–water partition coefficient (Wildman–Crippen LogP) is 1.45. The number of rotatable bonds is 5. The number of likely N-dealkylation sites (tertiary alicyclic amines) is 1. The molecule has 0 N–H and O–H groups in total. The molecule has 3 rings (SSSR count). The molecule has 1 aliphatic rings. The minimum atomic E-state index is -3.56. The van der Waals surface area contributed by atoms with Crippen molar-refractivity contribution in [3.8, 4) is 0 Å². The van der Waals surface area contributed by atoms with E-state index in [1.807, 2.05) is 28.8 Å². The van der Waals surface area contributed by atoms with Crippen molar-refractivity contribution in [2.24, 2.45) is 5.92 Å². The third kappa shape index (κ3) is 3.41. The van der Waals surface area contributed by atoms with Crippen LogP contribution in [-0.2, 0) is 20.4 Å². The molecule has 118 valence electrons. The van der Waals surface area contributed by atoms with Crippen molar-refractivity contribution in [3.63, 3.8) is 0 Å². The SMILES string of the molecule is O=C1CC(CS(=O)(=O)Cl)CN1CCn1cnc2ccccc21. The van der Waals surface area contributed by atoms with Crippen LogP contribution in [0.15, 0.2) is 30.6 Å². The fourth-order valence-corrected chi connectivity index (χ4v) is 4.20. The largest absolute Gasteiger partial charge is 0.341 e. The van der Waals surface area contributed by atoms with Crippen LogP contribution in [0.2, 0.25) is 0 Å². The maximum atomic E-state index is 12.0. The maximum Gasteiger partial charge on any atom is 0.232 e. The Morgan fingerprint density at radius 2 is 2.05 bits per heavy atom. The molecule has 0 bridgehead atoms. The van der Waals surface area contributed by atoms with E-state index in [9.17, 15) is 13.2 Å². The normalized spacial score (nSPS) is 19.2. The summed E-state index contributed by atoms with van der Waals surface area (Å²) in [5, 5.41) is 0. The summed E-state index contributed by atoms with van der Waals surface area (Å²) >= 11 is 0. The summed E-state index contributed by atoms with van der Waals surface area (Å²) in [5.74, 6) is -0.380. The van der Waals surface area contributed by atoms with E-state index < -0.39 is 9.05 Å².